The number of aryl methyl sites for hydroxylation is 1. The molecule has 0 amide bonds. The maximum Gasteiger partial charge on any atom is 0.347 e. The standard InChI is InChI=1S/C13H10N4O2S2/c1-17-6-8(4-15-17)12-16-9(7-20-12)2-3-11-14-5-10(21-11)13(18)19/h2-7H,1H3,(H,18,19)/b3-2+. The third kappa shape index (κ3) is 3.06. The highest BCUT2D eigenvalue weighted by atomic mass is 32.1. The lowest BCUT2D eigenvalue weighted by Crippen LogP contribution is -1.89. The summed E-state index contributed by atoms with van der Waals surface area (Å²) in [7, 11) is 1.86. The fraction of sp³-hybridized carbons (Fsp3) is 0.0769. The van der Waals surface area contributed by atoms with Crippen molar-refractivity contribution in [1.29, 1.82) is 0 Å². The van der Waals surface area contributed by atoms with E-state index in [4.69, 9.17) is 5.11 Å². The van der Waals surface area contributed by atoms with E-state index < -0.39 is 5.97 Å². The molecule has 0 fully saturated rings. The molecule has 8 heteroatoms. The van der Waals surface area contributed by atoms with Crippen molar-refractivity contribution < 1.29 is 9.90 Å². The van der Waals surface area contributed by atoms with Crippen LogP contribution in [-0.2, 0) is 7.05 Å². The molecule has 0 spiro atoms. The molecule has 0 saturated carbocycles. The van der Waals surface area contributed by atoms with Crippen molar-refractivity contribution >= 4 is 40.8 Å². The Bertz CT molecular complexity index is 816. The average Bonchev–Trinajstić information content (AvgIpc) is 3.16. The Hall–Kier alpha value is -2.32. The van der Waals surface area contributed by atoms with Crippen molar-refractivity contribution in [2.24, 2.45) is 7.05 Å². The Morgan fingerprint density at radius 1 is 1.38 bits per heavy atom. The summed E-state index contributed by atoms with van der Waals surface area (Å²) in [4.78, 5) is 19.5. The summed E-state index contributed by atoms with van der Waals surface area (Å²) < 4.78 is 1.73. The van der Waals surface area contributed by atoms with Gasteiger partial charge in [0.1, 0.15) is 14.9 Å². The van der Waals surface area contributed by atoms with Gasteiger partial charge in [-0.15, -0.1) is 22.7 Å². The second-order valence-electron chi connectivity index (χ2n) is 4.18. The number of aromatic carboxylic acids is 1. The van der Waals surface area contributed by atoms with E-state index in [0.717, 1.165) is 27.6 Å². The van der Waals surface area contributed by atoms with Crippen LogP contribution in [0.25, 0.3) is 22.7 Å². The molecular weight excluding hydrogens is 308 g/mol. The van der Waals surface area contributed by atoms with Crippen LogP contribution in [0.1, 0.15) is 20.4 Å². The molecule has 106 valence electrons. The highest BCUT2D eigenvalue weighted by molar-refractivity contribution is 7.14. The number of rotatable bonds is 4. The van der Waals surface area contributed by atoms with E-state index in [0.29, 0.717) is 5.01 Å². The van der Waals surface area contributed by atoms with Crippen LogP contribution in [-0.4, -0.2) is 30.8 Å². The number of hydrogen-bond acceptors (Lipinski definition) is 6. The highest BCUT2D eigenvalue weighted by Gasteiger charge is 2.07. The molecule has 21 heavy (non-hydrogen) atoms. The third-order valence-electron chi connectivity index (χ3n) is 2.60. The molecular formula is C13H10N4O2S2. The number of carboxylic acids is 1. The molecule has 3 rings (SSSR count). The monoisotopic (exact) mass is 318 g/mol. The lowest BCUT2D eigenvalue weighted by atomic mass is 10.4. The van der Waals surface area contributed by atoms with Gasteiger partial charge >= 0.3 is 5.97 Å². The first-order valence-corrected chi connectivity index (χ1v) is 7.63. The fourth-order valence-electron chi connectivity index (χ4n) is 1.65. The predicted molar refractivity (Wildman–Crippen MR) is 82.3 cm³/mol. The topological polar surface area (TPSA) is 80.9 Å². The molecule has 1 N–H and O–H groups in total. The van der Waals surface area contributed by atoms with E-state index in [1.807, 2.05) is 24.7 Å². The summed E-state index contributed by atoms with van der Waals surface area (Å²) in [5.41, 5.74) is 1.79. The highest BCUT2D eigenvalue weighted by Crippen LogP contribution is 2.24. The molecule has 0 aliphatic heterocycles. The van der Waals surface area contributed by atoms with Crippen LogP contribution >= 0.6 is 22.7 Å². The van der Waals surface area contributed by atoms with E-state index in [1.165, 1.54) is 17.5 Å². The minimum atomic E-state index is -0.959. The van der Waals surface area contributed by atoms with Gasteiger partial charge in [-0.1, -0.05) is 0 Å². The summed E-state index contributed by atoms with van der Waals surface area (Å²) in [5, 5.41) is 16.4. The van der Waals surface area contributed by atoms with E-state index in [-0.39, 0.29) is 4.88 Å². The number of hydrogen-bond donors (Lipinski definition) is 1. The van der Waals surface area contributed by atoms with Crippen LogP contribution in [0.5, 0.6) is 0 Å². The molecule has 0 aliphatic carbocycles. The summed E-state index contributed by atoms with van der Waals surface area (Å²) in [5.74, 6) is -0.959. The van der Waals surface area contributed by atoms with E-state index in [9.17, 15) is 4.79 Å². The zero-order valence-electron chi connectivity index (χ0n) is 10.9. The first kappa shape index (κ1) is 13.7. The first-order chi connectivity index (χ1) is 10.1. The van der Waals surface area contributed by atoms with Crippen molar-refractivity contribution in [3.63, 3.8) is 0 Å². The van der Waals surface area contributed by atoms with Crippen molar-refractivity contribution in [3.8, 4) is 10.6 Å². The normalized spacial score (nSPS) is 11.3. The Balaban J connectivity index is 1.77. The van der Waals surface area contributed by atoms with Crippen LogP contribution in [0.3, 0.4) is 0 Å². The van der Waals surface area contributed by atoms with Gasteiger partial charge in [0.15, 0.2) is 0 Å². The van der Waals surface area contributed by atoms with Gasteiger partial charge in [-0.2, -0.15) is 5.10 Å². The quantitative estimate of drug-likeness (QED) is 0.800. The Morgan fingerprint density at radius 3 is 2.90 bits per heavy atom. The number of aromatic nitrogens is 4. The van der Waals surface area contributed by atoms with E-state index in [2.05, 4.69) is 15.1 Å². The summed E-state index contributed by atoms with van der Waals surface area (Å²) in [6, 6.07) is 0. The van der Waals surface area contributed by atoms with Gasteiger partial charge in [0.25, 0.3) is 0 Å². The van der Waals surface area contributed by atoms with Crippen molar-refractivity contribution in [2.45, 2.75) is 0 Å². The predicted octanol–water partition coefficient (Wildman–Crippen LogP) is 2.87. The molecule has 3 aromatic heterocycles. The maximum absolute atomic E-state index is 10.8. The molecule has 0 aliphatic rings. The van der Waals surface area contributed by atoms with Gasteiger partial charge in [0.2, 0.25) is 0 Å². The van der Waals surface area contributed by atoms with Crippen LogP contribution in [0.15, 0.2) is 24.0 Å². The smallest absolute Gasteiger partial charge is 0.347 e. The van der Waals surface area contributed by atoms with Gasteiger partial charge in [-0.05, 0) is 12.2 Å². The lowest BCUT2D eigenvalue weighted by molar-refractivity contribution is 0.0702. The molecule has 0 unspecified atom stereocenters. The van der Waals surface area contributed by atoms with Gasteiger partial charge in [-0.25, -0.2) is 14.8 Å². The Labute approximate surface area is 128 Å². The Morgan fingerprint density at radius 2 is 2.24 bits per heavy atom. The minimum absolute atomic E-state index is 0.226. The minimum Gasteiger partial charge on any atom is -0.477 e. The van der Waals surface area contributed by atoms with Crippen LogP contribution < -0.4 is 0 Å². The molecule has 0 saturated heterocycles. The van der Waals surface area contributed by atoms with Crippen molar-refractivity contribution in [3.05, 3.63) is 39.5 Å². The molecule has 0 atom stereocenters. The van der Waals surface area contributed by atoms with Crippen LogP contribution in [0.2, 0.25) is 0 Å². The Kier molecular flexibility index (Phi) is 3.63. The number of thiazole rings is 2. The molecule has 3 heterocycles. The SMILES string of the molecule is Cn1cc(-c2nc(/C=C/c3ncc(C(=O)O)s3)cs2)cn1. The molecule has 6 nitrogen and oxygen atoms in total. The molecule has 0 radical (unpaired) electrons. The summed E-state index contributed by atoms with van der Waals surface area (Å²) in [6.07, 6.45) is 8.62. The summed E-state index contributed by atoms with van der Waals surface area (Å²) in [6.45, 7) is 0. The van der Waals surface area contributed by atoms with Gasteiger partial charge in [-0.3, -0.25) is 4.68 Å². The number of nitrogens with zero attached hydrogens (tertiary/aromatic N) is 4. The summed E-state index contributed by atoms with van der Waals surface area (Å²) >= 11 is 2.67. The van der Waals surface area contributed by atoms with E-state index >= 15 is 0 Å². The van der Waals surface area contributed by atoms with Gasteiger partial charge < -0.3 is 5.11 Å². The largest absolute Gasteiger partial charge is 0.477 e. The van der Waals surface area contributed by atoms with Gasteiger partial charge in [0.05, 0.1) is 18.1 Å². The van der Waals surface area contributed by atoms with Crippen LogP contribution in [0, 0.1) is 0 Å². The molecule has 0 aromatic carbocycles. The fourth-order valence-corrected chi connectivity index (χ4v) is 3.07. The first-order valence-electron chi connectivity index (χ1n) is 5.93. The number of carboxylic acid groups (broad SMARTS) is 1. The average molecular weight is 318 g/mol. The molecule has 3 aromatic rings. The van der Waals surface area contributed by atoms with Crippen molar-refractivity contribution in [1.82, 2.24) is 19.7 Å². The number of carbonyl (C=O) groups is 1. The second kappa shape index (κ2) is 5.58. The zero-order valence-corrected chi connectivity index (χ0v) is 12.6. The van der Waals surface area contributed by atoms with Gasteiger partial charge in [0, 0.05) is 24.2 Å². The molecule has 0 bridgehead atoms. The lowest BCUT2D eigenvalue weighted by Gasteiger charge is -1.87. The zero-order chi connectivity index (χ0) is 14.8. The van der Waals surface area contributed by atoms with Crippen LogP contribution in [0.4, 0.5) is 0 Å². The third-order valence-corrected chi connectivity index (χ3v) is 4.46. The maximum atomic E-state index is 10.8. The second-order valence-corrected chi connectivity index (χ2v) is 6.10. The van der Waals surface area contributed by atoms with Crippen molar-refractivity contribution in [2.75, 3.05) is 0 Å². The van der Waals surface area contributed by atoms with E-state index in [1.54, 1.807) is 17.0 Å².